The smallest absolute Gasteiger partial charge is 0.338 e. The maximum absolute atomic E-state index is 12.2. The maximum atomic E-state index is 12.2. The van der Waals surface area contributed by atoms with Gasteiger partial charge in [0.2, 0.25) is 6.79 Å². The summed E-state index contributed by atoms with van der Waals surface area (Å²) in [6.07, 6.45) is 0. The number of hydrogen-bond donors (Lipinski definition) is 1. The molecule has 31 heavy (non-hydrogen) atoms. The maximum Gasteiger partial charge on any atom is 0.338 e. The van der Waals surface area contributed by atoms with Crippen molar-refractivity contribution in [3.63, 3.8) is 0 Å². The van der Waals surface area contributed by atoms with E-state index in [1.807, 2.05) is 36.4 Å². The Labute approximate surface area is 179 Å². The molecule has 0 atom stereocenters. The Bertz CT molecular complexity index is 1050. The van der Waals surface area contributed by atoms with Crippen molar-refractivity contribution in [3.05, 3.63) is 89.5 Å². The summed E-state index contributed by atoms with van der Waals surface area (Å²) in [5.74, 6) is 1.16. The van der Waals surface area contributed by atoms with Crippen LogP contribution in [0, 0.1) is 0 Å². The van der Waals surface area contributed by atoms with Gasteiger partial charge in [0.1, 0.15) is 12.4 Å². The standard InChI is InChI=1S/C24H21NO6/c26-23(25-13-18-8-11-21-22(12-18)31-16-30-21)15-29-24(27)19-9-6-17(7-10-19)14-28-20-4-2-1-3-5-20/h1-12H,13-16H2,(H,25,26). The molecule has 0 aliphatic carbocycles. The molecule has 3 aromatic carbocycles. The molecule has 0 bridgehead atoms. The lowest BCUT2D eigenvalue weighted by Gasteiger charge is -2.08. The number of rotatable bonds is 8. The molecule has 0 saturated heterocycles. The van der Waals surface area contributed by atoms with Crippen molar-refractivity contribution >= 4 is 11.9 Å². The number of benzene rings is 3. The number of carbonyl (C=O) groups excluding carboxylic acids is 2. The van der Waals surface area contributed by atoms with Crippen molar-refractivity contribution in [1.29, 1.82) is 0 Å². The number of hydrogen-bond acceptors (Lipinski definition) is 6. The molecule has 0 unspecified atom stereocenters. The average Bonchev–Trinajstić information content (AvgIpc) is 3.29. The molecule has 158 valence electrons. The van der Waals surface area contributed by atoms with Gasteiger partial charge in [-0.05, 0) is 47.5 Å². The molecule has 0 saturated carbocycles. The first-order valence-corrected chi connectivity index (χ1v) is 9.76. The van der Waals surface area contributed by atoms with Crippen molar-refractivity contribution in [2.45, 2.75) is 13.2 Å². The zero-order chi connectivity index (χ0) is 21.5. The van der Waals surface area contributed by atoms with Crippen molar-refractivity contribution in [2.75, 3.05) is 13.4 Å². The van der Waals surface area contributed by atoms with E-state index in [4.69, 9.17) is 18.9 Å². The van der Waals surface area contributed by atoms with E-state index >= 15 is 0 Å². The van der Waals surface area contributed by atoms with Gasteiger partial charge in [-0.25, -0.2) is 4.79 Å². The quantitative estimate of drug-likeness (QED) is 0.563. The molecule has 1 heterocycles. The highest BCUT2D eigenvalue weighted by molar-refractivity contribution is 5.91. The lowest BCUT2D eigenvalue weighted by atomic mass is 10.1. The van der Waals surface area contributed by atoms with E-state index in [1.54, 1.807) is 36.4 Å². The van der Waals surface area contributed by atoms with E-state index in [2.05, 4.69) is 5.32 Å². The molecule has 7 heteroatoms. The molecule has 1 N–H and O–H groups in total. The summed E-state index contributed by atoms with van der Waals surface area (Å²) in [5, 5.41) is 2.71. The van der Waals surface area contributed by atoms with Crippen molar-refractivity contribution < 1.29 is 28.5 Å². The third-order valence-corrected chi connectivity index (χ3v) is 4.60. The van der Waals surface area contributed by atoms with E-state index in [1.165, 1.54) is 0 Å². The van der Waals surface area contributed by atoms with E-state index in [0.717, 1.165) is 16.9 Å². The fraction of sp³-hybridized carbons (Fsp3) is 0.167. The average molecular weight is 419 g/mol. The predicted octanol–water partition coefficient (Wildman–Crippen LogP) is 3.47. The zero-order valence-corrected chi connectivity index (χ0v) is 16.7. The molecule has 0 fully saturated rings. The number of fused-ring (bicyclic) bond motifs is 1. The molecule has 0 aromatic heterocycles. The molecule has 1 aliphatic heterocycles. The summed E-state index contributed by atoms with van der Waals surface area (Å²) in [6.45, 7) is 0.523. The molecular weight excluding hydrogens is 398 g/mol. The van der Waals surface area contributed by atoms with Crippen LogP contribution in [-0.4, -0.2) is 25.3 Å². The fourth-order valence-corrected chi connectivity index (χ4v) is 2.94. The lowest BCUT2D eigenvalue weighted by molar-refractivity contribution is -0.124. The van der Waals surface area contributed by atoms with Crippen molar-refractivity contribution in [3.8, 4) is 17.2 Å². The van der Waals surface area contributed by atoms with Crippen LogP contribution in [0.1, 0.15) is 21.5 Å². The Kier molecular flexibility index (Phi) is 6.32. The van der Waals surface area contributed by atoms with Crippen LogP contribution >= 0.6 is 0 Å². The highest BCUT2D eigenvalue weighted by atomic mass is 16.7. The van der Waals surface area contributed by atoms with Gasteiger partial charge in [-0.2, -0.15) is 0 Å². The molecule has 0 spiro atoms. The van der Waals surface area contributed by atoms with E-state index in [0.29, 0.717) is 30.2 Å². The minimum absolute atomic E-state index is 0.197. The zero-order valence-electron chi connectivity index (χ0n) is 16.7. The van der Waals surface area contributed by atoms with Crippen LogP contribution in [0.15, 0.2) is 72.8 Å². The Morgan fingerprint density at radius 2 is 1.61 bits per heavy atom. The monoisotopic (exact) mass is 419 g/mol. The molecule has 1 amide bonds. The lowest BCUT2D eigenvalue weighted by Crippen LogP contribution is -2.28. The van der Waals surface area contributed by atoms with Gasteiger partial charge in [0, 0.05) is 6.54 Å². The normalized spacial score (nSPS) is 11.6. The second kappa shape index (κ2) is 9.67. The fourth-order valence-electron chi connectivity index (χ4n) is 2.94. The van der Waals surface area contributed by atoms with Crippen LogP contribution in [0.2, 0.25) is 0 Å². The Hall–Kier alpha value is -4.00. The van der Waals surface area contributed by atoms with Gasteiger partial charge < -0.3 is 24.3 Å². The molecule has 3 aromatic rings. The first kappa shape index (κ1) is 20.3. The van der Waals surface area contributed by atoms with E-state index in [-0.39, 0.29) is 19.3 Å². The van der Waals surface area contributed by atoms with Gasteiger partial charge in [-0.15, -0.1) is 0 Å². The molecule has 7 nitrogen and oxygen atoms in total. The van der Waals surface area contributed by atoms with Crippen LogP contribution in [-0.2, 0) is 22.7 Å². The third-order valence-electron chi connectivity index (χ3n) is 4.60. The van der Waals surface area contributed by atoms with Gasteiger partial charge in [-0.1, -0.05) is 36.4 Å². The van der Waals surface area contributed by atoms with Crippen LogP contribution in [0.25, 0.3) is 0 Å². The second-order valence-electron chi connectivity index (χ2n) is 6.84. The second-order valence-corrected chi connectivity index (χ2v) is 6.84. The van der Waals surface area contributed by atoms with E-state index in [9.17, 15) is 9.59 Å². The summed E-state index contributed by atoms with van der Waals surface area (Å²) in [6, 6.07) is 21.8. The van der Waals surface area contributed by atoms with Crippen LogP contribution in [0.5, 0.6) is 17.2 Å². The highest BCUT2D eigenvalue weighted by Gasteiger charge is 2.14. The largest absolute Gasteiger partial charge is 0.489 e. The first-order valence-electron chi connectivity index (χ1n) is 9.76. The summed E-state index contributed by atoms with van der Waals surface area (Å²) in [5.41, 5.74) is 2.14. The number of para-hydroxylation sites is 1. The minimum Gasteiger partial charge on any atom is -0.489 e. The molecule has 1 aliphatic rings. The number of nitrogens with one attached hydrogen (secondary N) is 1. The van der Waals surface area contributed by atoms with Crippen LogP contribution in [0.3, 0.4) is 0 Å². The predicted molar refractivity (Wildman–Crippen MR) is 112 cm³/mol. The van der Waals surface area contributed by atoms with Gasteiger partial charge in [0.05, 0.1) is 5.56 Å². The van der Waals surface area contributed by atoms with E-state index < -0.39 is 5.97 Å². The summed E-state index contributed by atoms with van der Waals surface area (Å²) in [7, 11) is 0. The number of ether oxygens (including phenoxy) is 4. The van der Waals surface area contributed by atoms with Gasteiger partial charge in [0.25, 0.3) is 5.91 Å². The number of esters is 1. The van der Waals surface area contributed by atoms with Gasteiger partial charge >= 0.3 is 5.97 Å². The highest BCUT2D eigenvalue weighted by Crippen LogP contribution is 2.32. The molecule has 0 radical (unpaired) electrons. The Balaban J connectivity index is 1.20. The number of carbonyl (C=O) groups is 2. The van der Waals surface area contributed by atoms with Crippen molar-refractivity contribution in [1.82, 2.24) is 5.32 Å². The van der Waals surface area contributed by atoms with Crippen molar-refractivity contribution in [2.24, 2.45) is 0 Å². The van der Waals surface area contributed by atoms with Crippen LogP contribution < -0.4 is 19.5 Å². The molecular formula is C24H21NO6. The summed E-state index contributed by atoms with van der Waals surface area (Å²) < 4.78 is 21.3. The van der Waals surface area contributed by atoms with Gasteiger partial charge in [-0.3, -0.25) is 4.79 Å². The first-order chi connectivity index (χ1) is 15.2. The topological polar surface area (TPSA) is 83.1 Å². The van der Waals surface area contributed by atoms with Crippen LogP contribution in [0.4, 0.5) is 0 Å². The SMILES string of the molecule is O=C(COC(=O)c1ccc(COc2ccccc2)cc1)NCc1ccc2c(c1)OCO2. The number of amides is 1. The third kappa shape index (κ3) is 5.54. The summed E-state index contributed by atoms with van der Waals surface area (Å²) >= 11 is 0. The summed E-state index contributed by atoms with van der Waals surface area (Å²) in [4.78, 5) is 24.2. The Morgan fingerprint density at radius 1 is 0.871 bits per heavy atom. The Morgan fingerprint density at radius 3 is 2.42 bits per heavy atom. The van der Waals surface area contributed by atoms with Gasteiger partial charge in [0.15, 0.2) is 18.1 Å². The molecule has 4 rings (SSSR count). The minimum atomic E-state index is -0.561.